The molecular weight excluding hydrogens is 392 g/mol. The molecule has 4 aromatic rings. The first-order valence-electron chi connectivity index (χ1n) is 8.82. The lowest BCUT2D eigenvalue weighted by Crippen LogP contribution is -2.36. The van der Waals surface area contributed by atoms with Crippen molar-refractivity contribution in [3.8, 4) is 5.75 Å². The minimum Gasteiger partial charge on any atom is -0.497 e. The largest absolute Gasteiger partial charge is 0.497 e. The number of thiazole rings is 2. The number of benzene rings is 2. The molecule has 0 radical (unpaired) electrons. The topological polar surface area (TPSA) is 58.6 Å². The Morgan fingerprint density at radius 1 is 1.00 bits per heavy atom. The average molecular weight is 413 g/mol. The Bertz CT molecular complexity index is 1100. The highest BCUT2D eigenvalue weighted by Gasteiger charge is 2.24. The van der Waals surface area contributed by atoms with Gasteiger partial charge in [-0.2, -0.15) is 0 Å². The molecule has 2 aromatic heterocycles. The maximum absolute atomic E-state index is 13.3. The van der Waals surface area contributed by atoms with Crippen molar-refractivity contribution in [2.45, 2.75) is 0 Å². The fraction of sp³-hybridized carbons (Fsp3) is 0.250. The van der Waals surface area contributed by atoms with Crippen LogP contribution >= 0.6 is 22.7 Å². The highest BCUT2D eigenvalue weighted by molar-refractivity contribution is 7.23. The summed E-state index contributed by atoms with van der Waals surface area (Å²) < 4.78 is 7.30. The lowest BCUT2D eigenvalue weighted by atomic mass is 10.3. The molecule has 0 aliphatic carbocycles. The van der Waals surface area contributed by atoms with Crippen LogP contribution in [-0.2, 0) is 0 Å². The first-order chi connectivity index (χ1) is 13.5. The summed E-state index contributed by atoms with van der Waals surface area (Å²) >= 11 is 2.91. The average Bonchev–Trinajstić information content (AvgIpc) is 3.31. The second-order valence-electron chi connectivity index (χ2n) is 6.58. The van der Waals surface area contributed by atoms with E-state index in [2.05, 4.69) is 9.88 Å². The normalized spacial score (nSPS) is 11.4. The number of amides is 1. The second kappa shape index (κ2) is 7.83. The van der Waals surface area contributed by atoms with Crippen LogP contribution in [0.3, 0.4) is 0 Å². The molecule has 0 saturated heterocycles. The van der Waals surface area contributed by atoms with Gasteiger partial charge in [-0.25, -0.2) is 9.97 Å². The monoisotopic (exact) mass is 412 g/mol. The van der Waals surface area contributed by atoms with Gasteiger partial charge in [-0.3, -0.25) is 9.69 Å². The van der Waals surface area contributed by atoms with Gasteiger partial charge in [0.2, 0.25) is 0 Å². The van der Waals surface area contributed by atoms with E-state index in [1.54, 1.807) is 12.0 Å². The number of methoxy groups -OCH3 is 1. The number of hydrogen-bond donors (Lipinski definition) is 0. The van der Waals surface area contributed by atoms with Crippen LogP contribution in [0.4, 0.5) is 5.13 Å². The van der Waals surface area contributed by atoms with Crippen LogP contribution in [0.2, 0.25) is 0 Å². The number of anilines is 1. The zero-order valence-corrected chi connectivity index (χ0v) is 17.5. The van der Waals surface area contributed by atoms with Gasteiger partial charge >= 0.3 is 0 Å². The molecule has 0 spiro atoms. The summed E-state index contributed by atoms with van der Waals surface area (Å²) in [6.45, 7) is 1.27. The molecule has 0 N–H and O–H groups in total. The standard InChI is InChI=1S/C20H20N4O2S2/c1-23(2)10-11-24(19(25)18-21-14-6-4-5-7-16(14)27-18)20-22-15-9-8-13(26-3)12-17(15)28-20/h4-9,12H,10-11H2,1-3H3. The Hall–Kier alpha value is -2.55. The molecule has 0 aliphatic rings. The van der Waals surface area contributed by atoms with Crippen molar-refractivity contribution in [1.82, 2.24) is 14.9 Å². The van der Waals surface area contributed by atoms with Crippen LogP contribution in [0.15, 0.2) is 42.5 Å². The molecule has 0 fully saturated rings. The van der Waals surface area contributed by atoms with Gasteiger partial charge in [0, 0.05) is 13.1 Å². The Labute approximate surface area is 171 Å². The van der Waals surface area contributed by atoms with E-state index in [0.29, 0.717) is 16.7 Å². The molecule has 4 rings (SSSR count). The third-order valence-electron chi connectivity index (χ3n) is 4.31. The first-order valence-corrected chi connectivity index (χ1v) is 10.4. The molecule has 28 heavy (non-hydrogen) atoms. The Balaban J connectivity index is 1.72. The summed E-state index contributed by atoms with van der Waals surface area (Å²) in [6.07, 6.45) is 0. The van der Waals surface area contributed by atoms with Gasteiger partial charge in [0.15, 0.2) is 10.1 Å². The molecule has 0 aliphatic heterocycles. The van der Waals surface area contributed by atoms with E-state index in [1.807, 2.05) is 56.6 Å². The number of ether oxygens (including phenoxy) is 1. The van der Waals surface area contributed by atoms with Crippen LogP contribution < -0.4 is 9.64 Å². The molecule has 2 heterocycles. The van der Waals surface area contributed by atoms with Gasteiger partial charge in [-0.05, 0) is 44.4 Å². The number of fused-ring (bicyclic) bond motifs is 2. The van der Waals surface area contributed by atoms with E-state index >= 15 is 0 Å². The SMILES string of the molecule is COc1ccc2nc(N(CCN(C)C)C(=O)c3nc4ccccc4s3)sc2c1. The zero-order valence-electron chi connectivity index (χ0n) is 15.9. The van der Waals surface area contributed by atoms with E-state index in [1.165, 1.54) is 22.7 Å². The third-order valence-corrected chi connectivity index (χ3v) is 6.37. The number of para-hydroxylation sites is 1. The molecule has 144 valence electrons. The van der Waals surface area contributed by atoms with Crippen molar-refractivity contribution in [1.29, 1.82) is 0 Å². The van der Waals surface area contributed by atoms with E-state index in [9.17, 15) is 4.79 Å². The highest BCUT2D eigenvalue weighted by Crippen LogP contribution is 2.33. The second-order valence-corrected chi connectivity index (χ2v) is 8.62. The number of aromatic nitrogens is 2. The van der Waals surface area contributed by atoms with Crippen LogP contribution in [0, 0.1) is 0 Å². The maximum atomic E-state index is 13.3. The zero-order chi connectivity index (χ0) is 19.7. The van der Waals surface area contributed by atoms with Crippen molar-refractivity contribution in [2.24, 2.45) is 0 Å². The number of hydrogen-bond acceptors (Lipinski definition) is 7. The Morgan fingerprint density at radius 3 is 2.54 bits per heavy atom. The van der Waals surface area contributed by atoms with Crippen LogP contribution in [0.25, 0.3) is 20.4 Å². The third kappa shape index (κ3) is 3.71. The van der Waals surface area contributed by atoms with Gasteiger partial charge in [0.25, 0.3) is 5.91 Å². The van der Waals surface area contributed by atoms with Crippen molar-refractivity contribution < 1.29 is 9.53 Å². The Kier molecular flexibility index (Phi) is 5.25. The first kappa shape index (κ1) is 18.8. The number of rotatable bonds is 6. The molecule has 0 bridgehead atoms. The number of likely N-dealkylation sites (N-methyl/N-ethyl adjacent to an activating group) is 1. The molecule has 0 saturated carbocycles. The van der Waals surface area contributed by atoms with Crippen LogP contribution in [-0.4, -0.2) is 55.1 Å². The fourth-order valence-electron chi connectivity index (χ4n) is 2.80. The van der Waals surface area contributed by atoms with E-state index in [0.717, 1.165) is 32.7 Å². The fourth-order valence-corrected chi connectivity index (χ4v) is 4.73. The van der Waals surface area contributed by atoms with E-state index in [4.69, 9.17) is 9.72 Å². The van der Waals surface area contributed by atoms with Crippen LogP contribution in [0.1, 0.15) is 9.80 Å². The van der Waals surface area contributed by atoms with Gasteiger partial charge in [-0.1, -0.05) is 23.5 Å². The minimum atomic E-state index is -0.117. The van der Waals surface area contributed by atoms with Crippen molar-refractivity contribution in [2.75, 3.05) is 39.2 Å². The number of carbonyl (C=O) groups excluding carboxylic acids is 1. The molecule has 2 aromatic carbocycles. The molecular formula is C20H20N4O2S2. The summed E-state index contributed by atoms with van der Waals surface area (Å²) in [5.41, 5.74) is 1.70. The van der Waals surface area contributed by atoms with E-state index < -0.39 is 0 Å². The summed E-state index contributed by atoms with van der Waals surface area (Å²) in [5.74, 6) is 0.661. The van der Waals surface area contributed by atoms with E-state index in [-0.39, 0.29) is 5.91 Å². The predicted molar refractivity (Wildman–Crippen MR) is 116 cm³/mol. The van der Waals surface area contributed by atoms with Gasteiger partial charge in [0.1, 0.15) is 5.75 Å². The molecule has 1 amide bonds. The molecule has 0 unspecified atom stereocenters. The molecule has 8 heteroatoms. The summed E-state index contributed by atoms with van der Waals surface area (Å²) in [6, 6.07) is 13.5. The van der Waals surface area contributed by atoms with Crippen molar-refractivity contribution >= 4 is 54.1 Å². The van der Waals surface area contributed by atoms with Crippen molar-refractivity contribution in [3.63, 3.8) is 0 Å². The van der Waals surface area contributed by atoms with Gasteiger partial charge < -0.3 is 9.64 Å². The van der Waals surface area contributed by atoms with Crippen LogP contribution in [0.5, 0.6) is 5.75 Å². The predicted octanol–water partition coefficient (Wildman–Crippen LogP) is 4.12. The summed E-state index contributed by atoms with van der Waals surface area (Å²) in [7, 11) is 5.62. The number of nitrogens with zero attached hydrogens (tertiary/aromatic N) is 4. The minimum absolute atomic E-state index is 0.117. The molecule has 6 nitrogen and oxygen atoms in total. The van der Waals surface area contributed by atoms with Crippen molar-refractivity contribution in [3.05, 3.63) is 47.5 Å². The summed E-state index contributed by atoms with van der Waals surface area (Å²) in [5, 5.41) is 1.16. The maximum Gasteiger partial charge on any atom is 0.289 e. The quantitative estimate of drug-likeness (QED) is 0.477. The van der Waals surface area contributed by atoms with Gasteiger partial charge in [-0.15, -0.1) is 11.3 Å². The Morgan fingerprint density at radius 2 is 1.79 bits per heavy atom. The van der Waals surface area contributed by atoms with Gasteiger partial charge in [0.05, 0.1) is 27.5 Å². The summed E-state index contributed by atoms with van der Waals surface area (Å²) in [4.78, 5) is 26.3. The smallest absolute Gasteiger partial charge is 0.289 e. The molecule has 0 atom stereocenters. The number of carbonyl (C=O) groups is 1. The lowest BCUT2D eigenvalue weighted by molar-refractivity contribution is 0.0985. The highest BCUT2D eigenvalue weighted by atomic mass is 32.1. The lowest BCUT2D eigenvalue weighted by Gasteiger charge is -2.20.